The number of aryl methyl sites for hydroxylation is 4. The summed E-state index contributed by atoms with van der Waals surface area (Å²) in [7, 11) is 0. The molecule has 1 amide bonds. The lowest BCUT2D eigenvalue weighted by atomic mass is 10.0. The van der Waals surface area contributed by atoms with Crippen molar-refractivity contribution in [3.05, 3.63) is 58.1 Å². The Morgan fingerprint density at radius 1 is 0.950 bits per heavy atom. The molecule has 3 N–H and O–H groups in total. The molecule has 2 rings (SSSR count). The van der Waals surface area contributed by atoms with Crippen LogP contribution in [-0.2, 0) is 0 Å². The van der Waals surface area contributed by atoms with E-state index in [0.717, 1.165) is 33.5 Å². The molecule has 20 heavy (non-hydrogen) atoms. The molecule has 2 aromatic rings. The molecule has 0 bridgehead atoms. The molecule has 0 aliphatic carbocycles. The Balaban J connectivity index is 2.35. The van der Waals surface area contributed by atoms with E-state index in [0.29, 0.717) is 5.69 Å². The Bertz CT molecular complexity index is 655. The first-order chi connectivity index (χ1) is 9.40. The second-order valence-corrected chi connectivity index (χ2v) is 5.24. The van der Waals surface area contributed by atoms with E-state index in [1.807, 2.05) is 58.0 Å². The maximum Gasteiger partial charge on any atom is 0.256 e. The van der Waals surface area contributed by atoms with Crippen molar-refractivity contribution in [3.63, 3.8) is 0 Å². The topological polar surface area (TPSA) is 55.1 Å². The van der Waals surface area contributed by atoms with Crippen LogP contribution in [0.15, 0.2) is 30.3 Å². The number of anilines is 2. The minimum absolute atomic E-state index is 0.0908. The fraction of sp³-hybridized carbons (Fsp3) is 0.235. The van der Waals surface area contributed by atoms with Crippen molar-refractivity contribution in [3.8, 4) is 0 Å². The van der Waals surface area contributed by atoms with Gasteiger partial charge in [0.25, 0.3) is 5.91 Å². The van der Waals surface area contributed by atoms with Crippen LogP contribution >= 0.6 is 0 Å². The number of carbonyl (C=O) groups is 1. The van der Waals surface area contributed by atoms with Gasteiger partial charge in [-0.05, 0) is 56.0 Å². The molecule has 0 aliphatic heterocycles. The van der Waals surface area contributed by atoms with E-state index in [-0.39, 0.29) is 5.91 Å². The van der Waals surface area contributed by atoms with Gasteiger partial charge in [-0.25, -0.2) is 0 Å². The van der Waals surface area contributed by atoms with Crippen molar-refractivity contribution in [2.24, 2.45) is 0 Å². The highest BCUT2D eigenvalue weighted by molar-refractivity contribution is 6.06. The average molecular weight is 268 g/mol. The highest BCUT2D eigenvalue weighted by Crippen LogP contribution is 2.23. The number of benzene rings is 2. The first kappa shape index (κ1) is 14.1. The summed E-state index contributed by atoms with van der Waals surface area (Å²) in [6.45, 7) is 7.81. The largest absolute Gasteiger partial charge is 0.398 e. The minimum Gasteiger partial charge on any atom is -0.398 e. The Morgan fingerprint density at radius 3 is 2.15 bits per heavy atom. The average Bonchev–Trinajstić information content (AvgIpc) is 2.35. The standard InChI is InChI=1S/C17H20N2O/c1-10-6-5-7-11(2)16(10)17(20)19-15-9-14(18)12(3)8-13(15)4/h5-9H,18H2,1-4H3,(H,19,20). The zero-order chi connectivity index (χ0) is 14.9. The summed E-state index contributed by atoms with van der Waals surface area (Å²) in [5.74, 6) is -0.0908. The fourth-order valence-corrected chi connectivity index (χ4v) is 2.36. The third-order valence-electron chi connectivity index (χ3n) is 3.57. The molecular weight excluding hydrogens is 248 g/mol. The number of nitrogens with two attached hydrogens (primary N) is 1. The summed E-state index contributed by atoms with van der Waals surface area (Å²) in [5, 5.41) is 2.96. The number of amides is 1. The van der Waals surface area contributed by atoms with Gasteiger partial charge in [0.2, 0.25) is 0 Å². The van der Waals surface area contributed by atoms with E-state index in [2.05, 4.69) is 5.32 Å². The van der Waals surface area contributed by atoms with Crippen LogP contribution in [0.3, 0.4) is 0 Å². The smallest absolute Gasteiger partial charge is 0.256 e. The van der Waals surface area contributed by atoms with Gasteiger partial charge in [0, 0.05) is 16.9 Å². The third-order valence-corrected chi connectivity index (χ3v) is 3.57. The maximum absolute atomic E-state index is 12.5. The molecule has 3 nitrogen and oxygen atoms in total. The second kappa shape index (κ2) is 5.37. The van der Waals surface area contributed by atoms with Crippen molar-refractivity contribution >= 4 is 17.3 Å². The third kappa shape index (κ3) is 2.67. The molecule has 0 spiro atoms. The van der Waals surface area contributed by atoms with Crippen molar-refractivity contribution in [1.29, 1.82) is 0 Å². The van der Waals surface area contributed by atoms with Crippen LogP contribution in [0.25, 0.3) is 0 Å². The van der Waals surface area contributed by atoms with Crippen LogP contribution in [-0.4, -0.2) is 5.91 Å². The molecule has 0 saturated heterocycles. The highest BCUT2D eigenvalue weighted by atomic mass is 16.1. The lowest BCUT2D eigenvalue weighted by Gasteiger charge is -2.13. The van der Waals surface area contributed by atoms with Crippen molar-refractivity contribution < 1.29 is 4.79 Å². The van der Waals surface area contributed by atoms with E-state index in [1.165, 1.54) is 0 Å². The second-order valence-electron chi connectivity index (χ2n) is 5.24. The number of hydrogen-bond donors (Lipinski definition) is 2. The zero-order valence-corrected chi connectivity index (χ0v) is 12.4. The van der Waals surface area contributed by atoms with Gasteiger partial charge in [-0.15, -0.1) is 0 Å². The predicted molar refractivity (Wildman–Crippen MR) is 84.2 cm³/mol. The maximum atomic E-state index is 12.5. The van der Waals surface area contributed by atoms with Crippen LogP contribution in [0.2, 0.25) is 0 Å². The van der Waals surface area contributed by atoms with E-state index in [9.17, 15) is 4.79 Å². The van der Waals surface area contributed by atoms with E-state index >= 15 is 0 Å². The van der Waals surface area contributed by atoms with E-state index < -0.39 is 0 Å². The molecular formula is C17H20N2O. The predicted octanol–water partition coefficient (Wildman–Crippen LogP) is 3.75. The summed E-state index contributed by atoms with van der Waals surface area (Å²) in [4.78, 5) is 12.5. The normalized spacial score (nSPS) is 10.4. The van der Waals surface area contributed by atoms with Crippen LogP contribution in [0.5, 0.6) is 0 Å². The summed E-state index contributed by atoms with van der Waals surface area (Å²) in [5.41, 5.74) is 12.1. The molecule has 0 saturated carbocycles. The molecule has 0 aliphatic rings. The van der Waals surface area contributed by atoms with E-state index in [1.54, 1.807) is 0 Å². The molecule has 0 fully saturated rings. The summed E-state index contributed by atoms with van der Waals surface area (Å²) < 4.78 is 0. The van der Waals surface area contributed by atoms with Crippen LogP contribution in [0, 0.1) is 27.7 Å². The lowest BCUT2D eigenvalue weighted by molar-refractivity contribution is 0.102. The van der Waals surface area contributed by atoms with E-state index in [4.69, 9.17) is 5.73 Å². The van der Waals surface area contributed by atoms with Gasteiger partial charge < -0.3 is 11.1 Å². The molecule has 0 atom stereocenters. The van der Waals surface area contributed by atoms with Crippen molar-refractivity contribution in [2.75, 3.05) is 11.1 Å². The van der Waals surface area contributed by atoms with Crippen molar-refractivity contribution in [1.82, 2.24) is 0 Å². The molecule has 0 aromatic heterocycles. The van der Waals surface area contributed by atoms with Gasteiger partial charge in [0.05, 0.1) is 0 Å². The van der Waals surface area contributed by atoms with Gasteiger partial charge in [-0.1, -0.05) is 24.3 Å². The molecule has 0 radical (unpaired) electrons. The van der Waals surface area contributed by atoms with Crippen LogP contribution in [0.1, 0.15) is 32.6 Å². The highest BCUT2D eigenvalue weighted by Gasteiger charge is 2.13. The Kier molecular flexibility index (Phi) is 3.79. The number of carbonyl (C=O) groups excluding carboxylic acids is 1. The summed E-state index contributed by atoms with van der Waals surface area (Å²) >= 11 is 0. The van der Waals surface area contributed by atoms with Gasteiger partial charge in [0.15, 0.2) is 0 Å². The molecule has 0 unspecified atom stereocenters. The number of nitrogens with one attached hydrogen (secondary N) is 1. The molecule has 2 aromatic carbocycles. The van der Waals surface area contributed by atoms with Gasteiger partial charge in [-0.3, -0.25) is 4.79 Å². The quantitative estimate of drug-likeness (QED) is 0.815. The number of rotatable bonds is 2. The van der Waals surface area contributed by atoms with Crippen LogP contribution in [0.4, 0.5) is 11.4 Å². The van der Waals surface area contributed by atoms with Crippen molar-refractivity contribution in [2.45, 2.75) is 27.7 Å². The van der Waals surface area contributed by atoms with Crippen LogP contribution < -0.4 is 11.1 Å². The fourth-order valence-electron chi connectivity index (χ4n) is 2.36. The summed E-state index contributed by atoms with van der Waals surface area (Å²) in [6, 6.07) is 9.64. The molecule has 0 heterocycles. The lowest BCUT2D eigenvalue weighted by Crippen LogP contribution is -2.16. The number of hydrogen-bond acceptors (Lipinski definition) is 2. The molecule has 3 heteroatoms. The number of nitrogen functional groups attached to an aromatic ring is 1. The van der Waals surface area contributed by atoms with Gasteiger partial charge >= 0.3 is 0 Å². The Hall–Kier alpha value is -2.29. The SMILES string of the molecule is Cc1cc(C)c(NC(=O)c2c(C)cccc2C)cc1N. The zero-order valence-electron chi connectivity index (χ0n) is 12.4. The first-order valence-electron chi connectivity index (χ1n) is 6.64. The monoisotopic (exact) mass is 268 g/mol. The molecule has 104 valence electrons. The minimum atomic E-state index is -0.0908. The van der Waals surface area contributed by atoms with Gasteiger partial charge in [0.1, 0.15) is 0 Å². The Morgan fingerprint density at radius 2 is 1.55 bits per heavy atom. The summed E-state index contributed by atoms with van der Waals surface area (Å²) in [6.07, 6.45) is 0. The Labute approximate surface area is 119 Å². The first-order valence-corrected chi connectivity index (χ1v) is 6.64. The van der Waals surface area contributed by atoms with Gasteiger partial charge in [-0.2, -0.15) is 0 Å².